The summed E-state index contributed by atoms with van der Waals surface area (Å²) in [6.45, 7) is 0. The van der Waals surface area contributed by atoms with Crippen molar-refractivity contribution < 1.29 is 18.0 Å². The zero-order valence-corrected chi connectivity index (χ0v) is 15.3. The van der Waals surface area contributed by atoms with Crippen LogP contribution in [0.2, 0.25) is 10.0 Å². The molecule has 0 aliphatic carbocycles. The Morgan fingerprint density at radius 3 is 2.56 bits per heavy atom. The Kier molecular flexibility index (Phi) is 5.43. The number of benzene rings is 2. The number of hydrogen-bond donors (Lipinski definition) is 1. The van der Waals surface area contributed by atoms with Crippen LogP contribution in [0.4, 0.5) is 18.9 Å². The van der Waals surface area contributed by atoms with Crippen LogP contribution in [-0.2, 0) is 7.05 Å². The summed E-state index contributed by atoms with van der Waals surface area (Å²) in [5.41, 5.74) is 0.127. The Morgan fingerprint density at radius 2 is 1.89 bits per heavy atom. The second-order valence-corrected chi connectivity index (χ2v) is 6.49. The van der Waals surface area contributed by atoms with Gasteiger partial charge in [0, 0.05) is 13.2 Å². The summed E-state index contributed by atoms with van der Waals surface area (Å²) in [4.78, 5) is 12.7. The minimum absolute atomic E-state index is 0.0440. The Hall–Kier alpha value is -2.51. The number of aryl methyl sites for hydroxylation is 1. The number of carbonyl (C=O) groups excluding carboxylic acids is 1. The number of alkyl halides is 2. The fourth-order valence-electron chi connectivity index (χ4n) is 2.57. The molecule has 1 aromatic heterocycles. The van der Waals surface area contributed by atoms with Gasteiger partial charge in [-0.2, -0.15) is 5.10 Å². The highest BCUT2D eigenvalue weighted by atomic mass is 35.5. The van der Waals surface area contributed by atoms with Crippen molar-refractivity contribution >= 4 is 34.8 Å². The molecule has 140 valence electrons. The lowest BCUT2D eigenvalue weighted by atomic mass is 9.99. The molecule has 0 fully saturated rings. The van der Waals surface area contributed by atoms with Gasteiger partial charge in [0.05, 0.1) is 21.3 Å². The normalized spacial score (nSPS) is 11.1. The number of carbonyl (C=O) groups is 1. The van der Waals surface area contributed by atoms with Crippen LogP contribution in [0.5, 0.6) is 0 Å². The maximum absolute atomic E-state index is 13.8. The molecule has 0 saturated heterocycles. The summed E-state index contributed by atoms with van der Waals surface area (Å²) < 4.78 is 41.0. The molecule has 2 aromatic carbocycles. The van der Waals surface area contributed by atoms with Crippen LogP contribution in [0.25, 0.3) is 11.1 Å². The van der Waals surface area contributed by atoms with E-state index in [1.807, 2.05) is 0 Å². The van der Waals surface area contributed by atoms with Gasteiger partial charge in [0.2, 0.25) is 0 Å². The van der Waals surface area contributed by atoms with Gasteiger partial charge in [0.1, 0.15) is 5.82 Å². The van der Waals surface area contributed by atoms with Crippen molar-refractivity contribution in [2.45, 2.75) is 6.43 Å². The largest absolute Gasteiger partial charge is 0.319 e. The third-order valence-corrected chi connectivity index (χ3v) is 4.51. The molecule has 0 bridgehead atoms. The van der Waals surface area contributed by atoms with Gasteiger partial charge in [-0.1, -0.05) is 35.3 Å². The Morgan fingerprint density at radius 1 is 1.15 bits per heavy atom. The minimum Gasteiger partial charge on any atom is -0.319 e. The van der Waals surface area contributed by atoms with Crippen LogP contribution < -0.4 is 5.32 Å². The number of halogens is 5. The van der Waals surface area contributed by atoms with Crippen LogP contribution >= 0.6 is 23.2 Å². The van der Waals surface area contributed by atoms with Gasteiger partial charge in [0.15, 0.2) is 5.69 Å². The quantitative estimate of drug-likeness (QED) is 0.594. The van der Waals surface area contributed by atoms with Gasteiger partial charge < -0.3 is 5.32 Å². The molecular weight excluding hydrogens is 402 g/mol. The molecule has 1 amide bonds. The van der Waals surface area contributed by atoms with Crippen molar-refractivity contribution in [2.24, 2.45) is 7.05 Å². The average molecular weight is 414 g/mol. The summed E-state index contributed by atoms with van der Waals surface area (Å²) in [5, 5.41) is 6.57. The number of nitrogens with one attached hydrogen (secondary N) is 1. The van der Waals surface area contributed by atoms with Gasteiger partial charge in [-0.25, -0.2) is 13.2 Å². The van der Waals surface area contributed by atoms with Crippen LogP contribution in [0, 0.1) is 5.82 Å². The van der Waals surface area contributed by atoms with E-state index in [2.05, 4.69) is 10.4 Å². The Labute approximate surface area is 162 Å². The first-order chi connectivity index (χ1) is 12.8. The van der Waals surface area contributed by atoms with E-state index >= 15 is 0 Å². The van der Waals surface area contributed by atoms with E-state index in [4.69, 9.17) is 23.2 Å². The molecule has 1 N–H and O–H groups in total. The summed E-state index contributed by atoms with van der Waals surface area (Å²) in [5.74, 6) is -1.41. The highest BCUT2D eigenvalue weighted by Gasteiger charge is 2.21. The maximum atomic E-state index is 13.8. The fraction of sp³-hybridized carbons (Fsp3) is 0.111. The maximum Gasteiger partial charge on any atom is 0.284 e. The van der Waals surface area contributed by atoms with E-state index in [9.17, 15) is 18.0 Å². The molecule has 0 spiro atoms. The lowest BCUT2D eigenvalue weighted by Gasteiger charge is -2.11. The minimum atomic E-state index is -2.87. The van der Waals surface area contributed by atoms with E-state index in [1.165, 1.54) is 31.4 Å². The summed E-state index contributed by atoms with van der Waals surface area (Å²) in [7, 11) is 1.45. The summed E-state index contributed by atoms with van der Waals surface area (Å²) in [6, 6.07) is 8.30. The first kappa shape index (κ1) is 19.3. The highest BCUT2D eigenvalue weighted by molar-refractivity contribution is 6.42. The molecule has 3 aromatic rings. The van der Waals surface area contributed by atoms with Crippen molar-refractivity contribution in [3.05, 3.63) is 69.7 Å². The highest BCUT2D eigenvalue weighted by Crippen LogP contribution is 2.32. The third kappa shape index (κ3) is 4.09. The average Bonchev–Trinajstić information content (AvgIpc) is 2.98. The van der Waals surface area contributed by atoms with Crippen molar-refractivity contribution in [3.63, 3.8) is 0 Å². The molecule has 27 heavy (non-hydrogen) atoms. The van der Waals surface area contributed by atoms with E-state index in [0.717, 1.165) is 10.7 Å². The Balaban J connectivity index is 2.02. The number of hydrogen-bond acceptors (Lipinski definition) is 2. The third-order valence-electron chi connectivity index (χ3n) is 3.77. The first-order valence-electron chi connectivity index (χ1n) is 7.64. The zero-order chi connectivity index (χ0) is 19.7. The Bertz CT molecular complexity index is 1020. The lowest BCUT2D eigenvalue weighted by Crippen LogP contribution is -2.14. The number of aromatic nitrogens is 2. The fourth-order valence-corrected chi connectivity index (χ4v) is 2.87. The molecule has 3 rings (SSSR count). The monoisotopic (exact) mass is 413 g/mol. The first-order valence-corrected chi connectivity index (χ1v) is 8.40. The van der Waals surface area contributed by atoms with Gasteiger partial charge in [0.25, 0.3) is 12.3 Å². The molecule has 4 nitrogen and oxygen atoms in total. The zero-order valence-electron chi connectivity index (χ0n) is 13.8. The summed E-state index contributed by atoms with van der Waals surface area (Å²) in [6.07, 6.45) is -1.62. The molecule has 1 heterocycles. The van der Waals surface area contributed by atoms with Gasteiger partial charge in [-0.15, -0.1) is 0 Å². The van der Waals surface area contributed by atoms with E-state index in [0.29, 0.717) is 16.1 Å². The molecule has 0 unspecified atom stereocenters. The van der Waals surface area contributed by atoms with Gasteiger partial charge in [-0.3, -0.25) is 9.48 Å². The van der Waals surface area contributed by atoms with Gasteiger partial charge >= 0.3 is 0 Å². The van der Waals surface area contributed by atoms with Crippen molar-refractivity contribution in [1.29, 1.82) is 0 Å². The van der Waals surface area contributed by atoms with Crippen LogP contribution in [0.3, 0.4) is 0 Å². The summed E-state index contributed by atoms with van der Waals surface area (Å²) >= 11 is 11.9. The predicted octanol–water partition coefficient (Wildman–Crippen LogP) is 5.72. The molecule has 9 heteroatoms. The molecule has 0 saturated carbocycles. The molecule has 0 aliphatic heterocycles. The second-order valence-electron chi connectivity index (χ2n) is 5.68. The molecular formula is C18H12Cl2F3N3O. The predicted molar refractivity (Wildman–Crippen MR) is 98.0 cm³/mol. The smallest absolute Gasteiger partial charge is 0.284 e. The van der Waals surface area contributed by atoms with Gasteiger partial charge in [-0.05, 0) is 35.4 Å². The number of amides is 1. The van der Waals surface area contributed by atoms with Crippen molar-refractivity contribution in [2.75, 3.05) is 5.32 Å². The number of rotatable bonds is 4. The van der Waals surface area contributed by atoms with Crippen molar-refractivity contribution in [3.8, 4) is 11.1 Å². The van der Waals surface area contributed by atoms with Crippen LogP contribution in [0.15, 0.2) is 42.6 Å². The number of anilines is 1. The van der Waals surface area contributed by atoms with E-state index in [-0.39, 0.29) is 16.3 Å². The molecule has 0 aliphatic rings. The van der Waals surface area contributed by atoms with E-state index < -0.39 is 23.8 Å². The van der Waals surface area contributed by atoms with Crippen LogP contribution in [-0.4, -0.2) is 15.7 Å². The lowest BCUT2D eigenvalue weighted by molar-refractivity contribution is 0.102. The molecule has 0 radical (unpaired) electrons. The standard InChI is InChI=1S/C18H12Cl2F3N3O/c1-26-8-15(16(25-26)17(22)23)24-18(27)12-7-10(21)3-4-11(12)9-2-5-13(19)14(20)6-9/h2-8,17H,1H3,(H,24,27). The molecule has 0 atom stereocenters. The van der Waals surface area contributed by atoms with Crippen molar-refractivity contribution in [1.82, 2.24) is 9.78 Å². The second kappa shape index (κ2) is 7.62. The SMILES string of the molecule is Cn1cc(NC(=O)c2cc(F)ccc2-c2ccc(Cl)c(Cl)c2)c(C(F)F)n1. The topological polar surface area (TPSA) is 46.9 Å². The van der Waals surface area contributed by atoms with Crippen LogP contribution in [0.1, 0.15) is 22.5 Å². The van der Waals surface area contributed by atoms with E-state index in [1.54, 1.807) is 12.1 Å². The number of nitrogens with zero attached hydrogens (tertiary/aromatic N) is 2.